The minimum absolute atomic E-state index is 0.0635. The van der Waals surface area contributed by atoms with Crippen LogP contribution in [-0.2, 0) is 0 Å². The van der Waals surface area contributed by atoms with Crippen LogP contribution in [-0.4, -0.2) is 18.7 Å². The molecule has 1 unspecified atom stereocenters. The van der Waals surface area contributed by atoms with Gasteiger partial charge >= 0.3 is 6.61 Å². The number of methoxy groups -OCH3 is 1. The van der Waals surface area contributed by atoms with Crippen molar-refractivity contribution in [2.75, 3.05) is 12.4 Å². The Balaban J connectivity index is 2.24. The molecule has 1 atom stereocenters. The smallest absolute Gasteiger partial charge is 0.387 e. The summed E-state index contributed by atoms with van der Waals surface area (Å²) in [5.41, 5.74) is 1.22. The van der Waals surface area contributed by atoms with Crippen LogP contribution in [0, 0.1) is 0 Å². The molecule has 4 nitrogen and oxygen atoms in total. The summed E-state index contributed by atoms with van der Waals surface area (Å²) in [6, 6.07) is 9.98. The van der Waals surface area contributed by atoms with E-state index in [0.717, 1.165) is 5.69 Å². The van der Waals surface area contributed by atoms with Crippen molar-refractivity contribution in [2.24, 2.45) is 0 Å². The van der Waals surface area contributed by atoms with E-state index in [2.05, 4.69) is 15.0 Å². The molecule has 1 N–H and O–H groups in total. The van der Waals surface area contributed by atoms with Crippen LogP contribution in [0.4, 0.5) is 14.5 Å². The van der Waals surface area contributed by atoms with Crippen molar-refractivity contribution in [3.63, 3.8) is 0 Å². The lowest BCUT2D eigenvalue weighted by Gasteiger charge is -2.18. The Morgan fingerprint density at radius 2 is 2.00 bits per heavy atom. The van der Waals surface area contributed by atoms with Crippen LogP contribution in [0.3, 0.4) is 0 Å². The molecule has 0 amide bonds. The number of ether oxygens (including phenoxy) is 2. The summed E-state index contributed by atoms with van der Waals surface area (Å²) in [6.45, 7) is -1.00. The lowest BCUT2D eigenvalue weighted by Crippen LogP contribution is -2.11. The number of rotatable bonds is 6. The van der Waals surface area contributed by atoms with Crippen molar-refractivity contribution in [1.82, 2.24) is 4.98 Å². The van der Waals surface area contributed by atoms with E-state index in [-0.39, 0.29) is 11.8 Å². The third-order valence-electron chi connectivity index (χ3n) is 2.91. The number of hydrogen-bond donors (Lipinski definition) is 1. The van der Waals surface area contributed by atoms with Gasteiger partial charge in [-0.15, -0.1) is 0 Å². The summed E-state index contributed by atoms with van der Waals surface area (Å²) in [7, 11) is 1.51. The fraction of sp³-hybridized carbons (Fsp3) is 0.267. The zero-order valence-corrected chi connectivity index (χ0v) is 11.7. The zero-order chi connectivity index (χ0) is 15.2. The first-order valence-corrected chi connectivity index (χ1v) is 6.40. The second-order valence-corrected chi connectivity index (χ2v) is 4.36. The van der Waals surface area contributed by atoms with Gasteiger partial charge in [-0.3, -0.25) is 4.98 Å². The van der Waals surface area contributed by atoms with Crippen molar-refractivity contribution < 1.29 is 18.3 Å². The van der Waals surface area contributed by atoms with Crippen molar-refractivity contribution in [1.29, 1.82) is 0 Å². The number of alkyl halides is 2. The number of pyridine rings is 1. The van der Waals surface area contributed by atoms with Crippen LogP contribution < -0.4 is 14.8 Å². The Kier molecular flexibility index (Phi) is 4.92. The molecule has 21 heavy (non-hydrogen) atoms. The predicted molar refractivity (Wildman–Crippen MR) is 75.9 cm³/mol. The molecular formula is C15H16F2N2O2. The van der Waals surface area contributed by atoms with Gasteiger partial charge < -0.3 is 14.8 Å². The molecule has 0 spiro atoms. The maximum atomic E-state index is 12.4. The van der Waals surface area contributed by atoms with E-state index < -0.39 is 6.61 Å². The molecule has 0 radical (unpaired) electrons. The van der Waals surface area contributed by atoms with E-state index in [1.807, 2.05) is 25.1 Å². The highest BCUT2D eigenvalue weighted by Gasteiger charge is 2.14. The monoisotopic (exact) mass is 294 g/mol. The predicted octanol–water partition coefficient (Wildman–Crippen LogP) is 3.86. The second kappa shape index (κ2) is 6.88. The minimum Gasteiger partial charge on any atom is -0.497 e. The number of aromatic nitrogens is 1. The first-order valence-electron chi connectivity index (χ1n) is 6.40. The minimum atomic E-state index is -2.89. The van der Waals surface area contributed by atoms with Gasteiger partial charge in [-0.1, -0.05) is 6.07 Å². The SMILES string of the molecule is COc1ccc(OC(F)F)c(NC(C)c2ccccn2)c1. The molecule has 6 heteroatoms. The number of anilines is 1. The molecule has 0 aliphatic carbocycles. The van der Waals surface area contributed by atoms with Gasteiger partial charge in [0.15, 0.2) is 0 Å². The number of benzene rings is 1. The van der Waals surface area contributed by atoms with Gasteiger partial charge in [0.1, 0.15) is 11.5 Å². The van der Waals surface area contributed by atoms with Gasteiger partial charge in [0, 0.05) is 12.3 Å². The summed E-state index contributed by atoms with van der Waals surface area (Å²) < 4.78 is 34.5. The molecule has 0 saturated heterocycles. The highest BCUT2D eigenvalue weighted by Crippen LogP contribution is 2.32. The van der Waals surface area contributed by atoms with Crippen LogP contribution in [0.5, 0.6) is 11.5 Å². The molecular weight excluding hydrogens is 278 g/mol. The molecule has 1 aromatic carbocycles. The normalized spacial score (nSPS) is 12.0. The standard InChI is InChI=1S/C15H16F2N2O2/c1-10(12-5-3-4-8-18-12)19-13-9-11(20-2)6-7-14(13)21-15(16)17/h3-10,15,19H,1-2H3. The molecule has 1 aromatic heterocycles. The van der Waals surface area contributed by atoms with Crippen molar-refractivity contribution in [3.05, 3.63) is 48.3 Å². The topological polar surface area (TPSA) is 43.4 Å². The fourth-order valence-corrected chi connectivity index (χ4v) is 1.89. The van der Waals surface area contributed by atoms with Gasteiger partial charge in [-0.2, -0.15) is 8.78 Å². The Labute approximate surface area is 121 Å². The summed E-state index contributed by atoms with van der Waals surface area (Å²) in [5, 5.41) is 3.11. The third kappa shape index (κ3) is 4.05. The van der Waals surface area contributed by atoms with Crippen LogP contribution in [0.1, 0.15) is 18.7 Å². The number of hydrogen-bond acceptors (Lipinski definition) is 4. The Bertz CT molecular complexity index is 579. The van der Waals surface area contributed by atoms with Gasteiger partial charge in [0.25, 0.3) is 0 Å². The highest BCUT2D eigenvalue weighted by molar-refractivity contribution is 5.60. The number of nitrogens with one attached hydrogen (secondary N) is 1. The molecule has 0 bridgehead atoms. The van der Waals surface area contributed by atoms with Crippen molar-refractivity contribution >= 4 is 5.69 Å². The van der Waals surface area contributed by atoms with E-state index in [9.17, 15) is 8.78 Å². The lowest BCUT2D eigenvalue weighted by atomic mass is 10.2. The van der Waals surface area contributed by atoms with Crippen molar-refractivity contribution in [2.45, 2.75) is 19.6 Å². The number of halogens is 2. The molecule has 0 aliphatic heterocycles. The van der Waals surface area contributed by atoms with E-state index in [1.165, 1.54) is 13.2 Å². The van der Waals surface area contributed by atoms with Gasteiger partial charge in [0.2, 0.25) is 0 Å². The molecule has 1 heterocycles. The van der Waals surface area contributed by atoms with Gasteiger partial charge in [0.05, 0.1) is 24.5 Å². The Morgan fingerprint density at radius 1 is 1.19 bits per heavy atom. The van der Waals surface area contributed by atoms with Crippen LogP contribution in [0.25, 0.3) is 0 Å². The Morgan fingerprint density at radius 3 is 2.62 bits per heavy atom. The lowest BCUT2D eigenvalue weighted by molar-refractivity contribution is -0.0494. The van der Waals surface area contributed by atoms with Gasteiger partial charge in [-0.05, 0) is 31.2 Å². The maximum Gasteiger partial charge on any atom is 0.387 e. The van der Waals surface area contributed by atoms with Crippen LogP contribution in [0.2, 0.25) is 0 Å². The largest absolute Gasteiger partial charge is 0.497 e. The maximum absolute atomic E-state index is 12.4. The molecule has 112 valence electrons. The van der Waals surface area contributed by atoms with Crippen LogP contribution >= 0.6 is 0 Å². The number of nitrogens with zero attached hydrogens (tertiary/aromatic N) is 1. The average molecular weight is 294 g/mol. The van der Waals surface area contributed by atoms with E-state index in [0.29, 0.717) is 11.4 Å². The van der Waals surface area contributed by atoms with Crippen molar-refractivity contribution in [3.8, 4) is 11.5 Å². The first kappa shape index (κ1) is 15.0. The van der Waals surface area contributed by atoms with Crippen LogP contribution in [0.15, 0.2) is 42.6 Å². The Hall–Kier alpha value is -2.37. The summed E-state index contributed by atoms with van der Waals surface area (Å²) in [5.74, 6) is 0.612. The quantitative estimate of drug-likeness (QED) is 0.878. The molecule has 0 aliphatic rings. The highest BCUT2D eigenvalue weighted by atomic mass is 19.3. The molecule has 0 fully saturated rings. The average Bonchev–Trinajstić information content (AvgIpc) is 2.49. The summed E-state index contributed by atoms with van der Waals surface area (Å²) in [4.78, 5) is 4.23. The zero-order valence-electron chi connectivity index (χ0n) is 11.7. The second-order valence-electron chi connectivity index (χ2n) is 4.36. The molecule has 2 rings (SSSR count). The third-order valence-corrected chi connectivity index (χ3v) is 2.91. The fourth-order valence-electron chi connectivity index (χ4n) is 1.89. The van der Waals surface area contributed by atoms with E-state index >= 15 is 0 Å². The first-order chi connectivity index (χ1) is 10.1. The summed E-state index contributed by atoms with van der Waals surface area (Å²) in [6.07, 6.45) is 1.68. The van der Waals surface area contributed by atoms with Gasteiger partial charge in [-0.25, -0.2) is 0 Å². The molecule has 2 aromatic rings. The van der Waals surface area contributed by atoms with E-state index in [1.54, 1.807) is 18.3 Å². The summed E-state index contributed by atoms with van der Waals surface area (Å²) >= 11 is 0. The van der Waals surface area contributed by atoms with E-state index in [4.69, 9.17) is 4.74 Å². The molecule has 0 saturated carbocycles.